The Hall–Kier alpha value is -3.95. The first-order chi connectivity index (χ1) is 13.9. The van der Waals surface area contributed by atoms with Crippen molar-refractivity contribution < 1.29 is 23.9 Å². The largest absolute Gasteiger partial charge is 0.493 e. The topological polar surface area (TPSA) is 134 Å². The third kappa shape index (κ3) is 4.15. The Morgan fingerprint density at radius 1 is 1.24 bits per heavy atom. The zero-order valence-corrected chi connectivity index (χ0v) is 15.6. The molecule has 0 spiro atoms. The molecule has 29 heavy (non-hydrogen) atoms. The van der Waals surface area contributed by atoms with Crippen LogP contribution < -0.4 is 15.0 Å². The number of benzene rings is 2. The molecule has 0 radical (unpaired) electrons. The van der Waals surface area contributed by atoms with Crippen molar-refractivity contribution in [3.05, 3.63) is 68.3 Å². The molecule has 1 heterocycles. The third-order valence-corrected chi connectivity index (χ3v) is 4.00. The average molecular weight is 399 g/mol. The summed E-state index contributed by atoms with van der Waals surface area (Å²) >= 11 is 0. The molecule has 0 saturated carbocycles. The van der Waals surface area contributed by atoms with E-state index in [0.29, 0.717) is 10.9 Å². The number of esters is 1. The molecule has 1 N–H and O–H groups in total. The second-order valence-electron chi connectivity index (χ2n) is 5.82. The van der Waals surface area contributed by atoms with Crippen LogP contribution in [-0.4, -0.2) is 34.6 Å². The first-order valence-corrected chi connectivity index (χ1v) is 8.58. The summed E-state index contributed by atoms with van der Waals surface area (Å²) in [6, 6.07) is 8.99. The van der Waals surface area contributed by atoms with E-state index in [-0.39, 0.29) is 41.7 Å². The van der Waals surface area contributed by atoms with Gasteiger partial charge in [-0.25, -0.2) is 9.78 Å². The van der Waals surface area contributed by atoms with Crippen molar-refractivity contribution in [1.82, 2.24) is 9.97 Å². The molecule has 3 rings (SSSR count). The molecule has 0 amide bonds. The molecular formula is C19H17N3O7. The molecule has 10 nitrogen and oxygen atoms in total. The van der Waals surface area contributed by atoms with E-state index in [1.165, 1.54) is 13.2 Å². The lowest BCUT2D eigenvalue weighted by Gasteiger charge is -2.11. The van der Waals surface area contributed by atoms with Crippen LogP contribution in [-0.2, 0) is 11.3 Å². The number of carbonyl (C=O) groups excluding carboxylic acids is 1. The highest BCUT2D eigenvalue weighted by molar-refractivity contribution is 5.95. The van der Waals surface area contributed by atoms with Gasteiger partial charge in [-0.1, -0.05) is 12.1 Å². The van der Waals surface area contributed by atoms with Gasteiger partial charge < -0.3 is 19.2 Å². The lowest BCUT2D eigenvalue weighted by atomic mass is 10.1. The number of methoxy groups -OCH3 is 1. The minimum Gasteiger partial charge on any atom is -0.493 e. The van der Waals surface area contributed by atoms with Gasteiger partial charge >= 0.3 is 5.97 Å². The summed E-state index contributed by atoms with van der Waals surface area (Å²) in [7, 11) is 1.33. The van der Waals surface area contributed by atoms with Crippen LogP contribution in [0.15, 0.2) is 41.2 Å². The van der Waals surface area contributed by atoms with Gasteiger partial charge in [0.05, 0.1) is 35.6 Å². The highest BCUT2D eigenvalue weighted by Gasteiger charge is 2.26. The lowest BCUT2D eigenvalue weighted by molar-refractivity contribution is -0.385. The summed E-state index contributed by atoms with van der Waals surface area (Å²) in [5.74, 6) is -0.556. The normalized spacial score (nSPS) is 10.6. The van der Waals surface area contributed by atoms with Gasteiger partial charge in [0.2, 0.25) is 0 Å². The van der Waals surface area contributed by atoms with Crippen LogP contribution in [0, 0.1) is 10.1 Å². The van der Waals surface area contributed by atoms with Crippen LogP contribution in [0.5, 0.6) is 11.5 Å². The van der Waals surface area contributed by atoms with E-state index in [1.54, 1.807) is 31.2 Å². The van der Waals surface area contributed by atoms with E-state index in [1.807, 2.05) is 0 Å². The van der Waals surface area contributed by atoms with Crippen LogP contribution in [0.2, 0.25) is 0 Å². The number of ether oxygens (including phenoxy) is 3. The number of nitro groups is 1. The molecule has 2 aromatic carbocycles. The van der Waals surface area contributed by atoms with Crippen LogP contribution in [0.3, 0.4) is 0 Å². The van der Waals surface area contributed by atoms with E-state index >= 15 is 0 Å². The Kier molecular flexibility index (Phi) is 5.72. The van der Waals surface area contributed by atoms with Gasteiger partial charge in [-0.15, -0.1) is 0 Å². The molecule has 0 saturated heterocycles. The first-order valence-electron chi connectivity index (χ1n) is 8.58. The number of carbonyl (C=O) groups is 1. The van der Waals surface area contributed by atoms with Gasteiger partial charge in [-0.05, 0) is 19.1 Å². The molecule has 0 fully saturated rings. The molecular weight excluding hydrogens is 382 g/mol. The molecule has 0 aliphatic rings. The summed E-state index contributed by atoms with van der Waals surface area (Å²) in [5.41, 5.74) is -0.732. The molecule has 1 aromatic heterocycles. The number of nitro benzene ring substituents is 1. The number of hydrogen-bond donors (Lipinski definition) is 1. The maximum Gasteiger partial charge on any atom is 0.345 e. The smallest absolute Gasteiger partial charge is 0.345 e. The number of H-pyrrole nitrogens is 1. The maximum absolute atomic E-state index is 12.5. The molecule has 0 bridgehead atoms. The van der Waals surface area contributed by atoms with Gasteiger partial charge in [0, 0.05) is 6.07 Å². The highest BCUT2D eigenvalue weighted by Crippen LogP contribution is 2.35. The summed E-state index contributed by atoms with van der Waals surface area (Å²) < 4.78 is 15.6. The molecule has 0 unspecified atom stereocenters. The van der Waals surface area contributed by atoms with E-state index in [0.717, 1.165) is 6.07 Å². The van der Waals surface area contributed by atoms with Crippen molar-refractivity contribution in [2.45, 2.75) is 13.5 Å². The Morgan fingerprint density at radius 3 is 2.69 bits per heavy atom. The standard InChI is InChI=1S/C19H17N3O7/c1-3-28-16-8-12(14(22(25)26)9-15(16)27-2)19(24)29-10-17-20-13-7-5-4-6-11(13)18(23)21-17/h4-9H,3,10H2,1-2H3,(H,20,21,23). The lowest BCUT2D eigenvalue weighted by Crippen LogP contribution is -2.15. The van der Waals surface area contributed by atoms with E-state index in [4.69, 9.17) is 14.2 Å². The number of rotatable bonds is 7. The Labute approximate surface area is 164 Å². The summed E-state index contributed by atoms with van der Waals surface area (Å²) in [4.78, 5) is 42.0. The number of hydrogen-bond acceptors (Lipinski definition) is 8. The number of fused-ring (bicyclic) bond motifs is 1. The number of para-hydroxylation sites is 1. The zero-order valence-electron chi connectivity index (χ0n) is 15.6. The number of nitrogens with zero attached hydrogens (tertiary/aromatic N) is 2. The number of aromatic amines is 1. The average Bonchev–Trinajstić information content (AvgIpc) is 2.71. The fourth-order valence-electron chi connectivity index (χ4n) is 2.71. The highest BCUT2D eigenvalue weighted by atomic mass is 16.6. The first kappa shape index (κ1) is 19.8. The quantitative estimate of drug-likeness (QED) is 0.364. The minimum atomic E-state index is -0.962. The van der Waals surface area contributed by atoms with Gasteiger partial charge in [-0.3, -0.25) is 14.9 Å². The SMILES string of the molecule is CCOc1cc(C(=O)OCc2nc3ccccc3c(=O)[nH]2)c([N+](=O)[O-])cc1OC. The van der Waals surface area contributed by atoms with Gasteiger partial charge in [0.15, 0.2) is 11.5 Å². The monoisotopic (exact) mass is 399 g/mol. The predicted octanol–water partition coefficient (Wildman–Crippen LogP) is 2.60. The van der Waals surface area contributed by atoms with E-state index in [2.05, 4.69) is 9.97 Å². The number of aromatic nitrogens is 2. The van der Waals surface area contributed by atoms with Crippen molar-refractivity contribution in [3.8, 4) is 11.5 Å². The van der Waals surface area contributed by atoms with Crippen LogP contribution in [0.4, 0.5) is 5.69 Å². The Bertz CT molecular complexity index is 1140. The second-order valence-corrected chi connectivity index (χ2v) is 5.82. The molecule has 0 aliphatic heterocycles. The minimum absolute atomic E-state index is 0.114. The van der Waals surface area contributed by atoms with E-state index in [9.17, 15) is 19.7 Å². The fourth-order valence-corrected chi connectivity index (χ4v) is 2.71. The van der Waals surface area contributed by atoms with Crippen LogP contribution in [0.25, 0.3) is 10.9 Å². The van der Waals surface area contributed by atoms with Crippen LogP contribution in [0.1, 0.15) is 23.1 Å². The van der Waals surface area contributed by atoms with Crippen molar-refractivity contribution in [3.63, 3.8) is 0 Å². The molecule has 3 aromatic rings. The second kappa shape index (κ2) is 8.38. The zero-order chi connectivity index (χ0) is 21.0. The molecule has 0 aliphatic carbocycles. The Morgan fingerprint density at radius 2 is 2.00 bits per heavy atom. The summed E-state index contributed by atoms with van der Waals surface area (Å²) in [6.45, 7) is 1.62. The van der Waals surface area contributed by atoms with Crippen molar-refractivity contribution >= 4 is 22.6 Å². The van der Waals surface area contributed by atoms with Crippen molar-refractivity contribution in [2.75, 3.05) is 13.7 Å². The molecule has 10 heteroatoms. The summed E-state index contributed by atoms with van der Waals surface area (Å²) in [6.07, 6.45) is 0. The van der Waals surface area contributed by atoms with Gasteiger partial charge in [0.1, 0.15) is 18.0 Å². The van der Waals surface area contributed by atoms with Gasteiger partial charge in [0.25, 0.3) is 11.2 Å². The molecule has 150 valence electrons. The predicted molar refractivity (Wildman–Crippen MR) is 102 cm³/mol. The van der Waals surface area contributed by atoms with Crippen LogP contribution >= 0.6 is 0 Å². The fraction of sp³-hybridized carbons (Fsp3) is 0.211. The number of nitrogens with one attached hydrogen (secondary N) is 1. The van der Waals surface area contributed by atoms with Crippen molar-refractivity contribution in [1.29, 1.82) is 0 Å². The third-order valence-electron chi connectivity index (χ3n) is 4.00. The molecule has 0 atom stereocenters. The Balaban J connectivity index is 1.89. The van der Waals surface area contributed by atoms with Gasteiger partial charge in [-0.2, -0.15) is 0 Å². The van der Waals surface area contributed by atoms with E-state index < -0.39 is 16.6 Å². The van der Waals surface area contributed by atoms with Crippen molar-refractivity contribution in [2.24, 2.45) is 0 Å². The maximum atomic E-state index is 12.5. The summed E-state index contributed by atoms with van der Waals surface area (Å²) in [5, 5.41) is 11.8.